The lowest BCUT2D eigenvalue weighted by molar-refractivity contribution is 0.192. The van der Waals surface area contributed by atoms with Crippen molar-refractivity contribution < 1.29 is 4.74 Å². The molecule has 1 heterocycles. The minimum absolute atomic E-state index is 0.905. The van der Waals surface area contributed by atoms with Crippen LogP contribution in [-0.4, -0.2) is 13.7 Å². The zero-order valence-corrected chi connectivity index (χ0v) is 11.3. The van der Waals surface area contributed by atoms with Gasteiger partial charge in [-0.3, -0.25) is 0 Å². The van der Waals surface area contributed by atoms with Crippen LogP contribution in [0.25, 0.3) is 10.8 Å². The molecule has 0 bridgehead atoms. The molecule has 92 valence electrons. The number of thiophene rings is 1. The number of benzene rings is 1. The SMILES string of the molecule is COCCCCCCc1scc2ccccc12. The molecule has 0 saturated heterocycles. The van der Waals surface area contributed by atoms with Crippen LogP contribution < -0.4 is 0 Å². The van der Waals surface area contributed by atoms with Crippen LogP contribution in [0.2, 0.25) is 0 Å². The van der Waals surface area contributed by atoms with Crippen LogP contribution in [0.15, 0.2) is 29.6 Å². The van der Waals surface area contributed by atoms with E-state index >= 15 is 0 Å². The largest absolute Gasteiger partial charge is 0.385 e. The minimum atomic E-state index is 0.905. The summed E-state index contributed by atoms with van der Waals surface area (Å²) in [6.07, 6.45) is 6.33. The summed E-state index contributed by atoms with van der Waals surface area (Å²) in [6, 6.07) is 8.70. The molecule has 0 aliphatic heterocycles. The van der Waals surface area contributed by atoms with Crippen LogP contribution in [0.4, 0.5) is 0 Å². The van der Waals surface area contributed by atoms with Crippen molar-refractivity contribution >= 4 is 22.1 Å². The van der Waals surface area contributed by atoms with Gasteiger partial charge in [0.25, 0.3) is 0 Å². The second-order valence-electron chi connectivity index (χ2n) is 4.40. The zero-order valence-electron chi connectivity index (χ0n) is 10.4. The molecule has 2 rings (SSSR count). The van der Waals surface area contributed by atoms with E-state index in [0.717, 1.165) is 6.61 Å². The van der Waals surface area contributed by atoms with E-state index in [-0.39, 0.29) is 0 Å². The average molecular weight is 248 g/mol. The van der Waals surface area contributed by atoms with E-state index in [1.54, 1.807) is 12.0 Å². The Hall–Kier alpha value is -0.860. The minimum Gasteiger partial charge on any atom is -0.385 e. The van der Waals surface area contributed by atoms with E-state index in [1.165, 1.54) is 42.9 Å². The fourth-order valence-electron chi connectivity index (χ4n) is 2.13. The molecule has 2 heteroatoms. The summed E-state index contributed by atoms with van der Waals surface area (Å²) in [6.45, 7) is 0.905. The first-order valence-corrected chi connectivity index (χ1v) is 7.24. The van der Waals surface area contributed by atoms with Gasteiger partial charge in [-0.1, -0.05) is 37.1 Å². The monoisotopic (exact) mass is 248 g/mol. The van der Waals surface area contributed by atoms with Crippen LogP contribution >= 0.6 is 11.3 Å². The van der Waals surface area contributed by atoms with E-state index < -0.39 is 0 Å². The summed E-state index contributed by atoms with van der Waals surface area (Å²) >= 11 is 1.91. The molecule has 0 fully saturated rings. The van der Waals surface area contributed by atoms with Gasteiger partial charge in [0.05, 0.1) is 0 Å². The predicted octanol–water partition coefficient (Wildman–Crippen LogP) is 4.65. The molecule has 0 aliphatic rings. The molecule has 0 N–H and O–H groups in total. The number of aryl methyl sites for hydroxylation is 1. The summed E-state index contributed by atoms with van der Waals surface area (Å²) < 4.78 is 5.05. The normalized spacial score (nSPS) is 11.1. The van der Waals surface area contributed by atoms with Crippen molar-refractivity contribution in [3.05, 3.63) is 34.5 Å². The topological polar surface area (TPSA) is 9.23 Å². The van der Waals surface area contributed by atoms with Crippen molar-refractivity contribution in [3.63, 3.8) is 0 Å². The highest BCUT2D eigenvalue weighted by Gasteiger charge is 2.02. The molecule has 0 amide bonds. The lowest BCUT2D eigenvalue weighted by atomic mass is 10.1. The highest BCUT2D eigenvalue weighted by Crippen LogP contribution is 2.27. The third-order valence-electron chi connectivity index (χ3n) is 3.09. The van der Waals surface area contributed by atoms with Gasteiger partial charge in [0, 0.05) is 18.6 Å². The molecule has 1 aromatic carbocycles. The molecule has 17 heavy (non-hydrogen) atoms. The Morgan fingerprint density at radius 1 is 1.06 bits per heavy atom. The fourth-order valence-corrected chi connectivity index (χ4v) is 3.18. The number of methoxy groups -OCH3 is 1. The van der Waals surface area contributed by atoms with Gasteiger partial charge in [-0.2, -0.15) is 0 Å². The Bertz CT molecular complexity index is 447. The van der Waals surface area contributed by atoms with E-state index in [0.29, 0.717) is 0 Å². The van der Waals surface area contributed by atoms with Crippen LogP contribution in [0.1, 0.15) is 30.6 Å². The average Bonchev–Trinajstić information content (AvgIpc) is 2.77. The second-order valence-corrected chi connectivity index (χ2v) is 5.37. The van der Waals surface area contributed by atoms with Gasteiger partial charge in [-0.05, 0) is 35.4 Å². The predicted molar refractivity (Wildman–Crippen MR) is 75.9 cm³/mol. The summed E-state index contributed by atoms with van der Waals surface area (Å²) in [5, 5.41) is 5.12. The summed E-state index contributed by atoms with van der Waals surface area (Å²) in [5.74, 6) is 0. The van der Waals surface area contributed by atoms with Gasteiger partial charge >= 0.3 is 0 Å². The Labute approximate surface area is 107 Å². The van der Waals surface area contributed by atoms with Gasteiger partial charge < -0.3 is 4.74 Å². The number of hydrogen-bond acceptors (Lipinski definition) is 2. The fraction of sp³-hybridized carbons (Fsp3) is 0.467. The van der Waals surface area contributed by atoms with Gasteiger partial charge in [0.1, 0.15) is 0 Å². The Morgan fingerprint density at radius 3 is 2.76 bits per heavy atom. The number of fused-ring (bicyclic) bond motifs is 1. The lowest BCUT2D eigenvalue weighted by Crippen LogP contribution is -1.89. The Kier molecular flexibility index (Phi) is 5.02. The third kappa shape index (κ3) is 3.55. The van der Waals surface area contributed by atoms with Crippen molar-refractivity contribution in [2.24, 2.45) is 0 Å². The lowest BCUT2D eigenvalue weighted by Gasteiger charge is -2.01. The molecule has 0 unspecified atom stereocenters. The van der Waals surface area contributed by atoms with Crippen molar-refractivity contribution in [2.75, 3.05) is 13.7 Å². The molecule has 0 saturated carbocycles. The van der Waals surface area contributed by atoms with Gasteiger partial charge in [-0.15, -0.1) is 11.3 Å². The smallest absolute Gasteiger partial charge is 0.0462 e. The molecule has 1 nitrogen and oxygen atoms in total. The number of rotatable bonds is 7. The standard InChI is InChI=1S/C15H20OS/c1-16-11-7-3-2-4-10-15-14-9-6-5-8-13(14)12-17-15/h5-6,8-9,12H,2-4,7,10-11H2,1H3. The van der Waals surface area contributed by atoms with Crippen LogP contribution in [0, 0.1) is 0 Å². The van der Waals surface area contributed by atoms with E-state index in [1.807, 2.05) is 11.3 Å². The van der Waals surface area contributed by atoms with Crippen LogP contribution in [-0.2, 0) is 11.2 Å². The highest BCUT2D eigenvalue weighted by molar-refractivity contribution is 7.11. The van der Waals surface area contributed by atoms with Gasteiger partial charge in [0.15, 0.2) is 0 Å². The zero-order chi connectivity index (χ0) is 11.9. The maximum atomic E-state index is 5.05. The maximum absolute atomic E-state index is 5.05. The number of ether oxygens (including phenoxy) is 1. The second kappa shape index (κ2) is 6.77. The first-order chi connectivity index (χ1) is 8.42. The molecular formula is C15H20OS. The maximum Gasteiger partial charge on any atom is 0.0462 e. The van der Waals surface area contributed by atoms with Crippen molar-refractivity contribution in [1.29, 1.82) is 0 Å². The highest BCUT2D eigenvalue weighted by atomic mass is 32.1. The van der Waals surface area contributed by atoms with Crippen molar-refractivity contribution in [2.45, 2.75) is 32.1 Å². The number of unbranched alkanes of at least 4 members (excludes halogenated alkanes) is 3. The Morgan fingerprint density at radius 2 is 1.88 bits per heavy atom. The van der Waals surface area contributed by atoms with E-state index in [9.17, 15) is 0 Å². The van der Waals surface area contributed by atoms with Gasteiger partial charge in [0.2, 0.25) is 0 Å². The molecule has 0 aliphatic carbocycles. The van der Waals surface area contributed by atoms with E-state index in [2.05, 4.69) is 29.6 Å². The molecule has 0 atom stereocenters. The number of hydrogen-bond donors (Lipinski definition) is 0. The Balaban J connectivity index is 1.79. The molecule has 0 radical (unpaired) electrons. The molecule has 0 spiro atoms. The first kappa shape index (κ1) is 12.6. The van der Waals surface area contributed by atoms with Crippen molar-refractivity contribution in [1.82, 2.24) is 0 Å². The molecule has 2 aromatic rings. The molecular weight excluding hydrogens is 228 g/mol. The van der Waals surface area contributed by atoms with Crippen molar-refractivity contribution in [3.8, 4) is 0 Å². The quantitative estimate of drug-likeness (QED) is 0.648. The van der Waals surface area contributed by atoms with Crippen LogP contribution in [0.5, 0.6) is 0 Å². The first-order valence-electron chi connectivity index (χ1n) is 6.36. The van der Waals surface area contributed by atoms with Crippen LogP contribution in [0.3, 0.4) is 0 Å². The summed E-state index contributed by atoms with van der Waals surface area (Å²) in [7, 11) is 1.78. The summed E-state index contributed by atoms with van der Waals surface area (Å²) in [4.78, 5) is 1.55. The molecule has 1 aromatic heterocycles. The van der Waals surface area contributed by atoms with Gasteiger partial charge in [-0.25, -0.2) is 0 Å². The summed E-state index contributed by atoms with van der Waals surface area (Å²) in [5.41, 5.74) is 0. The van der Waals surface area contributed by atoms with E-state index in [4.69, 9.17) is 4.74 Å². The third-order valence-corrected chi connectivity index (χ3v) is 4.17.